The molecule has 0 aliphatic heterocycles. The molecule has 0 bridgehead atoms. The van der Waals surface area contributed by atoms with Crippen LogP contribution in [0, 0.1) is 11.3 Å². The molecule has 0 rings (SSSR count). The number of nitrogens with zero attached hydrogens (tertiary/aromatic N) is 1. The summed E-state index contributed by atoms with van der Waals surface area (Å²) < 4.78 is 0. The fraction of sp³-hybridized carbons (Fsp3) is 0.833. The molecule has 0 aliphatic rings. The molecule has 0 saturated carbocycles. The Hall–Kier alpha value is 0.00948. The Morgan fingerprint density at radius 1 is 1.38 bits per heavy atom. The Morgan fingerprint density at radius 3 is 2.38 bits per heavy atom. The summed E-state index contributed by atoms with van der Waals surface area (Å²) >= 11 is 0. The summed E-state index contributed by atoms with van der Waals surface area (Å²) in [5, 5.41) is 8.04. The van der Waals surface area contributed by atoms with Gasteiger partial charge in [0.05, 0.1) is 6.07 Å². The molecule has 0 aromatic heterocycles. The molecule has 0 fully saturated rings. The van der Waals surface area contributed by atoms with Gasteiger partial charge in [-0.3, -0.25) is 0 Å². The van der Waals surface area contributed by atoms with E-state index in [2.05, 4.69) is 13.0 Å². The summed E-state index contributed by atoms with van der Waals surface area (Å²) in [4.78, 5) is 0. The van der Waals surface area contributed by atoms with Crippen LogP contribution in [-0.4, -0.2) is 17.1 Å². The van der Waals surface area contributed by atoms with Crippen molar-refractivity contribution in [3.05, 3.63) is 0 Å². The van der Waals surface area contributed by atoms with Gasteiger partial charge < -0.3 is 0 Å². The van der Waals surface area contributed by atoms with E-state index in [-0.39, 0.29) is 17.1 Å². The molecule has 1 nitrogen and oxygen atoms in total. The third-order valence-electron chi connectivity index (χ3n) is 0.892. The maximum atomic E-state index is 8.04. The van der Waals surface area contributed by atoms with Crippen molar-refractivity contribution in [1.29, 1.82) is 5.26 Å². The van der Waals surface area contributed by atoms with E-state index in [1.165, 1.54) is 12.8 Å². The van der Waals surface area contributed by atoms with Crippen LogP contribution in [-0.2, 0) is 0 Å². The van der Waals surface area contributed by atoms with E-state index < -0.39 is 0 Å². The third kappa shape index (κ3) is 9.38. The Balaban J connectivity index is 0. The first-order chi connectivity index (χ1) is 3.41. The fourth-order valence-electron chi connectivity index (χ4n) is 0.454. The second kappa shape index (κ2) is 10.1. The van der Waals surface area contributed by atoms with E-state index in [1.807, 2.05) is 0 Å². The SMILES string of the molecule is CCCCCC#N.[SeH2]. The molecule has 0 aromatic rings. The molecule has 0 aliphatic carbocycles. The molecule has 0 heterocycles. The van der Waals surface area contributed by atoms with Crippen LogP contribution >= 0.6 is 0 Å². The van der Waals surface area contributed by atoms with Gasteiger partial charge in [0.25, 0.3) is 0 Å². The molecule has 0 amide bonds. The van der Waals surface area contributed by atoms with Crippen LogP contribution < -0.4 is 0 Å². The van der Waals surface area contributed by atoms with E-state index in [9.17, 15) is 0 Å². The van der Waals surface area contributed by atoms with Crippen molar-refractivity contribution >= 4 is 17.1 Å². The van der Waals surface area contributed by atoms with Gasteiger partial charge in [0.1, 0.15) is 0 Å². The summed E-state index contributed by atoms with van der Waals surface area (Å²) in [5.74, 6) is 0. The van der Waals surface area contributed by atoms with Gasteiger partial charge in [-0.2, -0.15) is 5.26 Å². The molecular formula is C6H13NSe. The van der Waals surface area contributed by atoms with Crippen LogP contribution in [0.4, 0.5) is 0 Å². The molecule has 2 heteroatoms. The molecular weight excluding hydrogens is 165 g/mol. The van der Waals surface area contributed by atoms with Gasteiger partial charge >= 0.3 is 17.1 Å². The predicted octanol–water partition coefficient (Wildman–Crippen LogP) is 1.17. The summed E-state index contributed by atoms with van der Waals surface area (Å²) in [6.07, 6.45) is 4.22. The quantitative estimate of drug-likeness (QED) is 0.470. The van der Waals surface area contributed by atoms with Gasteiger partial charge in [-0.15, -0.1) is 0 Å². The number of rotatable bonds is 3. The summed E-state index contributed by atoms with van der Waals surface area (Å²) in [5.41, 5.74) is 0. The second-order valence-corrected chi connectivity index (χ2v) is 1.62. The molecule has 0 saturated heterocycles. The first kappa shape index (κ1) is 10.9. The zero-order valence-corrected chi connectivity index (χ0v) is 7.37. The fourth-order valence-corrected chi connectivity index (χ4v) is 0.454. The zero-order chi connectivity index (χ0) is 5.54. The zero-order valence-electron chi connectivity index (χ0n) is 5.28. The van der Waals surface area contributed by atoms with Gasteiger partial charge in [-0.05, 0) is 6.42 Å². The van der Waals surface area contributed by atoms with Crippen LogP contribution in [0.25, 0.3) is 0 Å². The topological polar surface area (TPSA) is 23.8 Å². The monoisotopic (exact) mass is 179 g/mol. The van der Waals surface area contributed by atoms with Crippen molar-refractivity contribution in [1.82, 2.24) is 0 Å². The van der Waals surface area contributed by atoms with Gasteiger partial charge in [0.2, 0.25) is 0 Å². The van der Waals surface area contributed by atoms with Crippen molar-refractivity contribution in [2.24, 2.45) is 0 Å². The van der Waals surface area contributed by atoms with Crippen molar-refractivity contribution in [2.75, 3.05) is 0 Å². The predicted molar refractivity (Wildman–Crippen MR) is 38.3 cm³/mol. The van der Waals surface area contributed by atoms with Gasteiger partial charge in [-0.25, -0.2) is 0 Å². The van der Waals surface area contributed by atoms with Crippen molar-refractivity contribution in [3.8, 4) is 6.07 Å². The van der Waals surface area contributed by atoms with E-state index >= 15 is 0 Å². The first-order valence-corrected chi connectivity index (χ1v) is 2.78. The van der Waals surface area contributed by atoms with E-state index in [0.29, 0.717) is 0 Å². The molecule has 48 valence electrons. The van der Waals surface area contributed by atoms with E-state index in [0.717, 1.165) is 12.8 Å². The number of hydrogen-bond acceptors (Lipinski definition) is 1. The van der Waals surface area contributed by atoms with Gasteiger partial charge in [-0.1, -0.05) is 19.8 Å². The second-order valence-electron chi connectivity index (χ2n) is 1.62. The molecule has 0 spiro atoms. The van der Waals surface area contributed by atoms with Crippen molar-refractivity contribution < 1.29 is 0 Å². The van der Waals surface area contributed by atoms with Crippen LogP contribution in [0.15, 0.2) is 0 Å². The Bertz CT molecular complexity index is 65.4. The first-order valence-electron chi connectivity index (χ1n) is 2.78. The van der Waals surface area contributed by atoms with Crippen LogP contribution in [0.2, 0.25) is 0 Å². The summed E-state index contributed by atoms with van der Waals surface area (Å²) in [6, 6.07) is 2.10. The summed E-state index contributed by atoms with van der Waals surface area (Å²) in [7, 11) is 0. The number of unbranched alkanes of at least 4 members (excludes halogenated alkanes) is 3. The standard InChI is InChI=1S/C6H11N.H2Se/c1-2-3-4-5-6-7;/h2-5H2,1H3;1H2. The third-order valence-corrected chi connectivity index (χ3v) is 0.892. The van der Waals surface area contributed by atoms with Crippen LogP contribution in [0.3, 0.4) is 0 Å². The average molecular weight is 178 g/mol. The molecule has 0 radical (unpaired) electrons. The van der Waals surface area contributed by atoms with E-state index in [4.69, 9.17) is 5.26 Å². The van der Waals surface area contributed by atoms with Crippen LogP contribution in [0.5, 0.6) is 0 Å². The maximum absolute atomic E-state index is 8.04. The normalized spacial score (nSPS) is 7.00. The Morgan fingerprint density at radius 2 is 2.00 bits per heavy atom. The minimum absolute atomic E-state index is 0. The molecule has 8 heavy (non-hydrogen) atoms. The number of hydrogen-bond donors (Lipinski definition) is 0. The average Bonchev–Trinajstić information content (AvgIpc) is 1.69. The Labute approximate surface area is 61.6 Å². The summed E-state index contributed by atoms with van der Waals surface area (Å²) in [6.45, 7) is 2.14. The van der Waals surface area contributed by atoms with Gasteiger partial charge in [0.15, 0.2) is 0 Å². The molecule has 0 N–H and O–H groups in total. The molecule has 0 aromatic carbocycles. The van der Waals surface area contributed by atoms with Crippen LogP contribution in [0.1, 0.15) is 32.6 Å². The minimum atomic E-state index is 0. The molecule has 0 atom stereocenters. The molecule has 0 unspecified atom stereocenters. The van der Waals surface area contributed by atoms with Gasteiger partial charge in [0, 0.05) is 6.42 Å². The number of nitriles is 1. The Kier molecular flexibility index (Phi) is 13.7. The van der Waals surface area contributed by atoms with E-state index in [1.54, 1.807) is 0 Å². The van der Waals surface area contributed by atoms with Crippen molar-refractivity contribution in [3.63, 3.8) is 0 Å². The van der Waals surface area contributed by atoms with Crippen molar-refractivity contribution in [2.45, 2.75) is 32.6 Å².